The van der Waals surface area contributed by atoms with Crippen LogP contribution in [0.4, 0.5) is 13.2 Å². The van der Waals surface area contributed by atoms with Crippen LogP contribution < -0.4 is 4.74 Å². The highest BCUT2D eigenvalue weighted by Gasteiger charge is 2.40. The summed E-state index contributed by atoms with van der Waals surface area (Å²) in [6, 6.07) is 31.4. The van der Waals surface area contributed by atoms with E-state index in [2.05, 4.69) is 18.7 Å². The van der Waals surface area contributed by atoms with E-state index in [1.807, 2.05) is 89.8 Å². The van der Waals surface area contributed by atoms with Gasteiger partial charge in [-0.3, -0.25) is 9.69 Å². The van der Waals surface area contributed by atoms with Gasteiger partial charge < -0.3 is 14.4 Å². The Morgan fingerprint density at radius 3 is 2.15 bits per heavy atom. The van der Waals surface area contributed by atoms with E-state index in [-0.39, 0.29) is 29.9 Å². The van der Waals surface area contributed by atoms with Gasteiger partial charge in [-0.2, -0.15) is 13.2 Å². The van der Waals surface area contributed by atoms with Crippen LogP contribution in [0.3, 0.4) is 0 Å². The molecule has 0 spiro atoms. The van der Waals surface area contributed by atoms with Crippen molar-refractivity contribution >= 4 is 17.5 Å². The van der Waals surface area contributed by atoms with Gasteiger partial charge >= 0.3 is 6.18 Å². The lowest BCUT2D eigenvalue weighted by molar-refractivity contribution is -0.137. The number of rotatable bonds is 12. The maximum atomic E-state index is 13.9. The van der Waals surface area contributed by atoms with Crippen LogP contribution in [0.25, 0.3) is 0 Å². The first-order valence-electron chi connectivity index (χ1n) is 15.9. The molecular weight excluding hydrogens is 625 g/mol. The number of benzene rings is 4. The Morgan fingerprint density at radius 2 is 1.53 bits per heavy atom. The average molecular weight is 665 g/mol. The standard InChI is InChI=1S/C38H40ClF3N2O3/c1-28(19-22-47-33-17-9-11-29(25-33)26-35(45)43-20-23-46-24-21-43)44(27-30-12-10-18-34(36(30)39)38(40,41)42)37(2,31-13-5-3-6-14-31)32-15-7-4-8-16-32/h3-18,25,28H,19-24,26-27H2,1-2H3. The van der Waals surface area contributed by atoms with Gasteiger partial charge in [0, 0.05) is 25.7 Å². The monoisotopic (exact) mass is 664 g/mol. The normalized spacial score (nSPS) is 14.7. The van der Waals surface area contributed by atoms with Gasteiger partial charge in [-0.1, -0.05) is 96.5 Å². The molecule has 248 valence electrons. The second-order valence-electron chi connectivity index (χ2n) is 12.0. The molecule has 9 heteroatoms. The smallest absolute Gasteiger partial charge is 0.417 e. The number of amides is 1. The van der Waals surface area contributed by atoms with Gasteiger partial charge in [0.2, 0.25) is 5.91 Å². The van der Waals surface area contributed by atoms with Crippen molar-refractivity contribution in [1.82, 2.24) is 9.80 Å². The third-order valence-electron chi connectivity index (χ3n) is 8.93. The van der Waals surface area contributed by atoms with Crippen LogP contribution in [0, 0.1) is 0 Å². The van der Waals surface area contributed by atoms with Gasteiger partial charge in [-0.25, -0.2) is 0 Å². The van der Waals surface area contributed by atoms with E-state index in [9.17, 15) is 18.0 Å². The number of nitrogens with zero attached hydrogens (tertiary/aromatic N) is 2. The van der Waals surface area contributed by atoms with Crippen molar-refractivity contribution in [2.24, 2.45) is 0 Å². The van der Waals surface area contributed by atoms with Crippen LogP contribution in [-0.2, 0) is 34.2 Å². The van der Waals surface area contributed by atoms with E-state index in [4.69, 9.17) is 21.1 Å². The van der Waals surface area contributed by atoms with Crippen molar-refractivity contribution in [3.63, 3.8) is 0 Å². The minimum Gasteiger partial charge on any atom is -0.494 e. The Hall–Kier alpha value is -3.85. The Bertz CT molecular complexity index is 1570. The van der Waals surface area contributed by atoms with Gasteiger partial charge in [0.1, 0.15) is 5.75 Å². The summed E-state index contributed by atoms with van der Waals surface area (Å²) < 4.78 is 53.2. The number of morpholine rings is 1. The molecule has 47 heavy (non-hydrogen) atoms. The molecular formula is C38H40ClF3N2O3. The molecule has 1 unspecified atom stereocenters. The highest BCUT2D eigenvalue weighted by Crippen LogP contribution is 2.41. The average Bonchev–Trinajstić information content (AvgIpc) is 3.08. The summed E-state index contributed by atoms with van der Waals surface area (Å²) in [7, 11) is 0. The predicted molar refractivity (Wildman–Crippen MR) is 178 cm³/mol. The summed E-state index contributed by atoms with van der Waals surface area (Å²) in [5.41, 5.74) is 1.69. The third kappa shape index (κ3) is 8.36. The molecule has 1 amide bonds. The summed E-state index contributed by atoms with van der Waals surface area (Å²) >= 11 is 6.46. The Labute approximate surface area is 279 Å². The Kier molecular flexibility index (Phi) is 11.3. The lowest BCUT2D eigenvalue weighted by Gasteiger charge is -2.46. The zero-order chi connectivity index (χ0) is 33.4. The summed E-state index contributed by atoms with van der Waals surface area (Å²) in [5, 5.41) is -0.291. The number of carbonyl (C=O) groups excluding carboxylic acids is 1. The molecule has 0 N–H and O–H groups in total. The molecule has 0 saturated carbocycles. The van der Waals surface area contributed by atoms with Crippen LogP contribution in [0.15, 0.2) is 103 Å². The Morgan fingerprint density at radius 1 is 0.915 bits per heavy atom. The minimum atomic E-state index is -4.57. The lowest BCUT2D eigenvalue weighted by atomic mass is 9.81. The second-order valence-corrected chi connectivity index (χ2v) is 12.4. The SMILES string of the molecule is CC(CCOc1cccc(CC(=O)N2CCOCC2)c1)N(Cc1cccc(C(F)(F)F)c1Cl)C(C)(c1ccccc1)c1ccccc1. The zero-order valence-corrected chi connectivity index (χ0v) is 27.4. The van der Waals surface area contributed by atoms with Gasteiger partial charge in [-0.15, -0.1) is 0 Å². The molecule has 4 aromatic rings. The number of halogens is 4. The summed E-state index contributed by atoms with van der Waals surface area (Å²) in [5.74, 6) is 0.718. The first kappa shape index (κ1) is 34.5. The van der Waals surface area contributed by atoms with Crippen molar-refractivity contribution < 1.29 is 27.4 Å². The fourth-order valence-electron chi connectivity index (χ4n) is 6.23. The molecule has 1 fully saturated rings. The van der Waals surface area contributed by atoms with Gasteiger partial charge in [0.25, 0.3) is 0 Å². The van der Waals surface area contributed by atoms with Crippen molar-refractivity contribution in [1.29, 1.82) is 0 Å². The molecule has 0 radical (unpaired) electrons. The Balaban J connectivity index is 1.40. The first-order valence-corrected chi connectivity index (χ1v) is 16.2. The number of alkyl halides is 3. The van der Waals surface area contributed by atoms with Crippen LogP contribution in [0.1, 0.15) is 48.1 Å². The number of hydrogen-bond donors (Lipinski definition) is 0. The van der Waals surface area contributed by atoms with Crippen molar-refractivity contribution in [3.05, 3.63) is 136 Å². The molecule has 4 aromatic carbocycles. The third-order valence-corrected chi connectivity index (χ3v) is 9.37. The van der Waals surface area contributed by atoms with E-state index < -0.39 is 17.3 Å². The molecule has 1 saturated heterocycles. The van der Waals surface area contributed by atoms with Crippen LogP contribution in [0.2, 0.25) is 5.02 Å². The molecule has 1 atom stereocenters. The van der Waals surface area contributed by atoms with Gasteiger partial charge in [0.15, 0.2) is 0 Å². The van der Waals surface area contributed by atoms with Crippen molar-refractivity contribution in [3.8, 4) is 5.75 Å². The zero-order valence-electron chi connectivity index (χ0n) is 26.7. The fourth-order valence-corrected chi connectivity index (χ4v) is 6.52. The molecule has 1 aliphatic heterocycles. The summed E-state index contributed by atoms with van der Waals surface area (Å²) in [6.45, 7) is 6.99. The molecule has 1 heterocycles. The highest BCUT2D eigenvalue weighted by molar-refractivity contribution is 6.32. The van der Waals surface area contributed by atoms with E-state index in [1.54, 1.807) is 6.07 Å². The lowest BCUT2D eigenvalue weighted by Crippen LogP contribution is -2.49. The molecule has 5 rings (SSSR count). The largest absolute Gasteiger partial charge is 0.494 e. The maximum Gasteiger partial charge on any atom is 0.417 e. The molecule has 0 aliphatic carbocycles. The van der Waals surface area contributed by atoms with Crippen LogP contribution in [0.5, 0.6) is 5.75 Å². The molecule has 5 nitrogen and oxygen atoms in total. The van der Waals surface area contributed by atoms with Crippen molar-refractivity contribution in [2.75, 3.05) is 32.9 Å². The number of ether oxygens (including phenoxy) is 2. The fraction of sp³-hybridized carbons (Fsp3) is 0.342. The number of carbonyl (C=O) groups is 1. The van der Waals surface area contributed by atoms with E-state index in [1.165, 1.54) is 6.07 Å². The maximum absolute atomic E-state index is 13.9. The predicted octanol–water partition coefficient (Wildman–Crippen LogP) is 8.38. The summed E-state index contributed by atoms with van der Waals surface area (Å²) in [4.78, 5) is 16.8. The van der Waals surface area contributed by atoms with Gasteiger partial charge in [-0.05, 0) is 60.7 Å². The minimum absolute atomic E-state index is 0.0593. The molecule has 1 aliphatic rings. The first-order chi connectivity index (χ1) is 22.6. The highest BCUT2D eigenvalue weighted by atomic mass is 35.5. The van der Waals surface area contributed by atoms with Crippen LogP contribution in [-0.4, -0.2) is 54.7 Å². The van der Waals surface area contributed by atoms with E-state index in [0.29, 0.717) is 50.6 Å². The molecule has 0 bridgehead atoms. The van der Waals surface area contributed by atoms with E-state index in [0.717, 1.165) is 22.8 Å². The number of hydrogen-bond acceptors (Lipinski definition) is 4. The summed E-state index contributed by atoms with van der Waals surface area (Å²) in [6.07, 6.45) is -3.71. The van der Waals surface area contributed by atoms with Crippen molar-refractivity contribution in [2.45, 2.75) is 51.0 Å². The molecule has 0 aromatic heterocycles. The quantitative estimate of drug-likeness (QED) is 0.153. The van der Waals surface area contributed by atoms with Crippen LogP contribution >= 0.6 is 11.6 Å². The second kappa shape index (κ2) is 15.4. The van der Waals surface area contributed by atoms with Gasteiger partial charge in [0.05, 0.1) is 42.4 Å². The topological polar surface area (TPSA) is 42.0 Å². The van der Waals surface area contributed by atoms with E-state index >= 15 is 0 Å².